The van der Waals surface area contributed by atoms with Crippen molar-refractivity contribution in [2.24, 2.45) is 0 Å². The normalized spacial score (nSPS) is 10.9. The fourth-order valence-electron chi connectivity index (χ4n) is 2.61. The van der Waals surface area contributed by atoms with Crippen LogP contribution >= 0.6 is 0 Å². The minimum Gasteiger partial charge on any atom is -0.435 e. The first-order chi connectivity index (χ1) is 13.2. The van der Waals surface area contributed by atoms with Crippen molar-refractivity contribution < 1.29 is 13.5 Å². The highest BCUT2D eigenvalue weighted by molar-refractivity contribution is 5.92. The van der Waals surface area contributed by atoms with E-state index in [9.17, 15) is 8.78 Å². The third-order valence-electron chi connectivity index (χ3n) is 3.77. The summed E-state index contributed by atoms with van der Waals surface area (Å²) in [6.07, 6.45) is 3.14. The topological polar surface area (TPSA) is 72.8 Å². The van der Waals surface area contributed by atoms with E-state index in [1.807, 2.05) is 24.3 Å². The molecule has 0 radical (unpaired) electrons. The quantitative estimate of drug-likeness (QED) is 0.564. The lowest BCUT2D eigenvalue weighted by Gasteiger charge is -2.12. The van der Waals surface area contributed by atoms with Crippen molar-refractivity contribution in [1.29, 1.82) is 0 Å². The Morgan fingerprint density at radius 1 is 0.926 bits per heavy atom. The van der Waals surface area contributed by atoms with Crippen molar-refractivity contribution in [3.8, 4) is 17.1 Å². The van der Waals surface area contributed by atoms with Crippen LogP contribution in [0, 0.1) is 0 Å². The number of nitrogens with one attached hydrogen (secondary N) is 1. The van der Waals surface area contributed by atoms with E-state index in [0.29, 0.717) is 22.9 Å². The molecule has 0 unspecified atom stereocenters. The van der Waals surface area contributed by atoms with Crippen LogP contribution in [0.15, 0.2) is 67.0 Å². The Balaban J connectivity index is 1.77. The fraction of sp³-hybridized carbons (Fsp3) is 0.0526. The molecule has 0 aliphatic rings. The number of aromatic nitrogens is 4. The summed E-state index contributed by atoms with van der Waals surface area (Å²) in [7, 11) is 0. The van der Waals surface area contributed by atoms with Gasteiger partial charge in [-0.2, -0.15) is 19.0 Å². The van der Waals surface area contributed by atoms with Crippen LogP contribution in [0.4, 0.5) is 20.3 Å². The number of rotatable bonds is 5. The maximum Gasteiger partial charge on any atom is 0.387 e. The van der Waals surface area contributed by atoms with E-state index in [4.69, 9.17) is 0 Å². The second-order valence-electron chi connectivity index (χ2n) is 5.58. The molecular weight excluding hydrogens is 352 g/mol. The molecule has 2 aromatic carbocycles. The smallest absolute Gasteiger partial charge is 0.387 e. The van der Waals surface area contributed by atoms with E-state index in [-0.39, 0.29) is 5.75 Å². The van der Waals surface area contributed by atoms with Crippen LogP contribution in [0.1, 0.15) is 0 Å². The molecule has 0 spiro atoms. The Bertz CT molecular complexity index is 1080. The SMILES string of the molecule is FC(F)Oc1cccc(Nc2nc(-c3ccnnc3)nc3ccccc23)c1. The summed E-state index contributed by atoms with van der Waals surface area (Å²) in [4.78, 5) is 9.14. The van der Waals surface area contributed by atoms with Crippen LogP contribution in [0.2, 0.25) is 0 Å². The summed E-state index contributed by atoms with van der Waals surface area (Å²) < 4.78 is 29.4. The average Bonchev–Trinajstić information content (AvgIpc) is 2.68. The molecular formula is C19H13F2N5O. The van der Waals surface area contributed by atoms with Gasteiger partial charge in [-0.15, -0.1) is 0 Å². The lowest BCUT2D eigenvalue weighted by Crippen LogP contribution is -2.03. The van der Waals surface area contributed by atoms with Crippen molar-refractivity contribution >= 4 is 22.4 Å². The summed E-state index contributed by atoms with van der Waals surface area (Å²) in [5.41, 5.74) is 2.02. The molecule has 0 bridgehead atoms. The zero-order valence-corrected chi connectivity index (χ0v) is 13.9. The zero-order chi connectivity index (χ0) is 18.6. The van der Waals surface area contributed by atoms with Crippen molar-refractivity contribution in [3.63, 3.8) is 0 Å². The Kier molecular flexibility index (Phi) is 4.52. The van der Waals surface area contributed by atoms with E-state index in [0.717, 1.165) is 10.9 Å². The lowest BCUT2D eigenvalue weighted by atomic mass is 10.2. The molecule has 0 aliphatic carbocycles. The minimum atomic E-state index is -2.88. The summed E-state index contributed by atoms with van der Waals surface area (Å²) >= 11 is 0. The number of nitrogens with zero attached hydrogens (tertiary/aromatic N) is 4. The highest BCUT2D eigenvalue weighted by Crippen LogP contribution is 2.28. The van der Waals surface area contributed by atoms with E-state index in [1.54, 1.807) is 30.6 Å². The average molecular weight is 365 g/mol. The molecule has 4 aromatic rings. The van der Waals surface area contributed by atoms with Gasteiger partial charge < -0.3 is 10.1 Å². The minimum absolute atomic E-state index is 0.0620. The van der Waals surface area contributed by atoms with Gasteiger partial charge in [0.05, 0.1) is 17.9 Å². The summed E-state index contributed by atoms with van der Waals surface area (Å²) in [6, 6.07) is 15.6. The molecule has 0 saturated carbocycles. The predicted octanol–water partition coefficient (Wildman–Crippen LogP) is 4.43. The van der Waals surface area contributed by atoms with Gasteiger partial charge in [-0.25, -0.2) is 9.97 Å². The van der Waals surface area contributed by atoms with E-state index in [1.165, 1.54) is 12.1 Å². The van der Waals surface area contributed by atoms with Gasteiger partial charge in [-0.3, -0.25) is 0 Å². The van der Waals surface area contributed by atoms with Crippen LogP contribution in [0.5, 0.6) is 5.75 Å². The van der Waals surface area contributed by atoms with Crippen LogP contribution < -0.4 is 10.1 Å². The number of para-hydroxylation sites is 1. The van der Waals surface area contributed by atoms with E-state index in [2.05, 4.69) is 30.2 Å². The van der Waals surface area contributed by atoms with Crippen molar-refractivity contribution in [1.82, 2.24) is 20.2 Å². The Labute approximate surface area is 152 Å². The lowest BCUT2D eigenvalue weighted by molar-refractivity contribution is -0.0497. The van der Waals surface area contributed by atoms with Crippen molar-refractivity contribution in [3.05, 3.63) is 67.0 Å². The number of hydrogen-bond donors (Lipinski definition) is 1. The van der Waals surface area contributed by atoms with Crippen LogP contribution in [-0.4, -0.2) is 26.8 Å². The fourth-order valence-corrected chi connectivity index (χ4v) is 2.61. The predicted molar refractivity (Wildman–Crippen MR) is 96.9 cm³/mol. The number of benzene rings is 2. The summed E-state index contributed by atoms with van der Waals surface area (Å²) in [5.74, 6) is 1.08. The Morgan fingerprint density at radius 2 is 1.81 bits per heavy atom. The molecule has 2 aromatic heterocycles. The number of fused-ring (bicyclic) bond motifs is 1. The standard InChI is InChI=1S/C19H13F2N5O/c20-19(21)27-14-5-3-4-13(10-14)24-18-15-6-1-2-7-16(15)25-17(26-18)12-8-9-22-23-11-12/h1-11,19H,(H,24,25,26). The molecule has 0 atom stereocenters. The maximum atomic E-state index is 12.5. The molecule has 1 N–H and O–H groups in total. The van der Waals surface area contributed by atoms with Crippen LogP contribution in [0.25, 0.3) is 22.3 Å². The number of hydrogen-bond acceptors (Lipinski definition) is 6. The number of anilines is 2. The zero-order valence-electron chi connectivity index (χ0n) is 13.9. The van der Waals surface area contributed by atoms with Gasteiger partial charge in [0, 0.05) is 22.7 Å². The van der Waals surface area contributed by atoms with Gasteiger partial charge >= 0.3 is 6.61 Å². The molecule has 0 fully saturated rings. The van der Waals surface area contributed by atoms with Gasteiger partial charge in [-0.1, -0.05) is 18.2 Å². The Morgan fingerprint density at radius 3 is 2.63 bits per heavy atom. The van der Waals surface area contributed by atoms with E-state index < -0.39 is 6.61 Å². The molecule has 4 rings (SSSR count). The number of halogens is 2. The third-order valence-corrected chi connectivity index (χ3v) is 3.77. The highest BCUT2D eigenvalue weighted by atomic mass is 19.3. The first kappa shape index (κ1) is 16.8. The summed E-state index contributed by atoms with van der Waals surface area (Å²) in [5, 5.41) is 11.6. The van der Waals surface area contributed by atoms with E-state index >= 15 is 0 Å². The second-order valence-corrected chi connectivity index (χ2v) is 5.58. The molecule has 0 aliphatic heterocycles. The number of ether oxygens (including phenoxy) is 1. The maximum absolute atomic E-state index is 12.5. The van der Waals surface area contributed by atoms with Gasteiger partial charge in [0.2, 0.25) is 0 Å². The summed E-state index contributed by atoms with van der Waals surface area (Å²) in [6.45, 7) is -2.88. The van der Waals surface area contributed by atoms with Crippen LogP contribution in [0.3, 0.4) is 0 Å². The van der Waals surface area contributed by atoms with Crippen LogP contribution in [-0.2, 0) is 0 Å². The molecule has 6 nitrogen and oxygen atoms in total. The Hall–Kier alpha value is -3.68. The third kappa shape index (κ3) is 3.79. The van der Waals surface area contributed by atoms with Crippen molar-refractivity contribution in [2.45, 2.75) is 6.61 Å². The second kappa shape index (κ2) is 7.28. The molecule has 8 heteroatoms. The first-order valence-electron chi connectivity index (χ1n) is 8.05. The molecule has 2 heterocycles. The largest absolute Gasteiger partial charge is 0.435 e. The van der Waals surface area contributed by atoms with Gasteiger partial charge in [0.15, 0.2) is 5.82 Å². The first-order valence-corrected chi connectivity index (χ1v) is 8.05. The molecule has 27 heavy (non-hydrogen) atoms. The van der Waals surface area contributed by atoms with Gasteiger partial charge in [0.1, 0.15) is 11.6 Å². The monoisotopic (exact) mass is 365 g/mol. The highest BCUT2D eigenvalue weighted by Gasteiger charge is 2.11. The van der Waals surface area contributed by atoms with Gasteiger partial charge in [0.25, 0.3) is 0 Å². The van der Waals surface area contributed by atoms with Gasteiger partial charge in [-0.05, 0) is 30.3 Å². The molecule has 0 saturated heterocycles. The van der Waals surface area contributed by atoms with Crippen molar-refractivity contribution in [2.75, 3.05) is 5.32 Å². The molecule has 0 amide bonds. The number of alkyl halides is 2. The molecule has 134 valence electrons.